The molecular weight excluding hydrogens is 324 g/mol. The quantitative estimate of drug-likeness (QED) is 0.529. The number of hydrogen-bond donors (Lipinski definition) is 0. The maximum absolute atomic E-state index is 11.1. The number of benzene rings is 1. The predicted molar refractivity (Wildman–Crippen MR) is 91.4 cm³/mol. The molecule has 4 rings (SSSR count). The maximum atomic E-state index is 11.1. The van der Waals surface area contributed by atoms with E-state index < -0.39 is 4.92 Å². The van der Waals surface area contributed by atoms with Crippen molar-refractivity contribution >= 4 is 22.5 Å². The second-order valence-corrected chi connectivity index (χ2v) is 5.74. The molecule has 1 saturated heterocycles. The Balaban J connectivity index is 1.89. The molecule has 9 nitrogen and oxygen atoms in total. The molecule has 0 bridgehead atoms. The standard InChI is InChI=1S/C16H16N6O3/c1-20-13(22(23)24)10-17-16(20)14-18-12-5-3-2-4-11(12)15(19-14)21-6-8-25-9-7-21/h2-5,10H,6-9H2,1H3. The van der Waals surface area contributed by atoms with Gasteiger partial charge in [0.1, 0.15) is 12.0 Å². The largest absolute Gasteiger partial charge is 0.378 e. The second kappa shape index (κ2) is 6.10. The minimum absolute atomic E-state index is 0.0975. The smallest absolute Gasteiger partial charge is 0.343 e. The number of fused-ring (bicyclic) bond motifs is 1. The normalized spacial score (nSPS) is 14.8. The van der Waals surface area contributed by atoms with Gasteiger partial charge in [0.2, 0.25) is 5.82 Å². The summed E-state index contributed by atoms with van der Waals surface area (Å²) < 4.78 is 6.82. The summed E-state index contributed by atoms with van der Waals surface area (Å²) in [4.78, 5) is 26.1. The minimum Gasteiger partial charge on any atom is -0.378 e. The monoisotopic (exact) mass is 340 g/mol. The molecule has 3 aromatic rings. The average molecular weight is 340 g/mol. The predicted octanol–water partition coefficient (Wildman–Crippen LogP) is 1.78. The van der Waals surface area contributed by atoms with Crippen LogP contribution in [-0.2, 0) is 11.8 Å². The molecule has 3 heterocycles. The third-order valence-electron chi connectivity index (χ3n) is 4.24. The van der Waals surface area contributed by atoms with Gasteiger partial charge in [0.05, 0.1) is 25.8 Å². The van der Waals surface area contributed by atoms with E-state index in [4.69, 9.17) is 4.74 Å². The number of hydrogen-bond acceptors (Lipinski definition) is 7. The Morgan fingerprint density at radius 2 is 1.96 bits per heavy atom. The van der Waals surface area contributed by atoms with Crippen LogP contribution in [0.25, 0.3) is 22.6 Å². The summed E-state index contributed by atoms with van der Waals surface area (Å²) in [5.41, 5.74) is 0.777. The fourth-order valence-electron chi connectivity index (χ4n) is 2.95. The Hall–Kier alpha value is -3.07. The lowest BCUT2D eigenvalue weighted by Gasteiger charge is -2.28. The number of aromatic nitrogens is 4. The molecule has 0 spiro atoms. The SMILES string of the molecule is Cn1c([N+](=O)[O-])cnc1-c1nc(N2CCOCC2)c2ccccc2n1. The fourth-order valence-corrected chi connectivity index (χ4v) is 2.95. The molecule has 128 valence electrons. The molecule has 0 atom stereocenters. The van der Waals surface area contributed by atoms with Crippen molar-refractivity contribution in [2.75, 3.05) is 31.2 Å². The van der Waals surface area contributed by atoms with E-state index in [1.54, 1.807) is 7.05 Å². The lowest BCUT2D eigenvalue weighted by molar-refractivity contribution is -0.391. The van der Waals surface area contributed by atoms with Crippen LogP contribution < -0.4 is 4.90 Å². The Morgan fingerprint density at radius 3 is 2.68 bits per heavy atom. The first kappa shape index (κ1) is 15.5. The van der Waals surface area contributed by atoms with E-state index in [0.717, 1.165) is 29.8 Å². The van der Waals surface area contributed by atoms with Gasteiger partial charge in [-0.1, -0.05) is 12.1 Å². The molecule has 0 unspecified atom stereocenters. The van der Waals surface area contributed by atoms with Crippen LogP contribution in [0, 0.1) is 10.1 Å². The molecule has 1 fully saturated rings. The molecule has 0 radical (unpaired) electrons. The summed E-state index contributed by atoms with van der Waals surface area (Å²) in [6.45, 7) is 2.76. The third-order valence-corrected chi connectivity index (χ3v) is 4.24. The highest BCUT2D eigenvalue weighted by atomic mass is 16.6. The summed E-state index contributed by atoms with van der Waals surface area (Å²) in [6.07, 6.45) is 1.22. The summed E-state index contributed by atoms with van der Waals surface area (Å²) >= 11 is 0. The van der Waals surface area contributed by atoms with Crippen molar-refractivity contribution in [3.05, 3.63) is 40.6 Å². The molecular formula is C16H16N6O3. The number of anilines is 1. The molecule has 0 aliphatic carbocycles. The maximum Gasteiger partial charge on any atom is 0.343 e. The van der Waals surface area contributed by atoms with Gasteiger partial charge >= 0.3 is 5.82 Å². The van der Waals surface area contributed by atoms with E-state index in [0.29, 0.717) is 24.9 Å². The number of rotatable bonds is 3. The van der Waals surface area contributed by atoms with Crippen LogP contribution >= 0.6 is 0 Å². The van der Waals surface area contributed by atoms with Gasteiger partial charge in [-0.15, -0.1) is 0 Å². The zero-order valence-electron chi connectivity index (χ0n) is 13.6. The Bertz CT molecular complexity index is 948. The van der Waals surface area contributed by atoms with E-state index in [1.165, 1.54) is 10.8 Å². The highest BCUT2D eigenvalue weighted by molar-refractivity contribution is 5.90. The first-order chi connectivity index (χ1) is 12.1. The first-order valence-electron chi connectivity index (χ1n) is 7.91. The van der Waals surface area contributed by atoms with Crippen molar-refractivity contribution in [1.82, 2.24) is 19.5 Å². The second-order valence-electron chi connectivity index (χ2n) is 5.74. The van der Waals surface area contributed by atoms with E-state index in [1.807, 2.05) is 24.3 Å². The molecule has 0 N–H and O–H groups in total. The molecule has 1 aromatic carbocycles. The van der Waals surface area contributed by atoms with Gasteiger partial charge in [-0.3, -0.25) is 0 Å². The van der Waals surface area contributed by atoms with Gasteiger partial charge in [0, 0.05) is 18.5 Å². The highest BCUT2D eigenvalue weighted by Crippen LogP contribution is 2.28. The van der Waals surface area contributed by atoms with E-state index in [2.05, 4.69) is 19.9 Å². The van der Waals surface area contributed by atoms with Crippen molar-refractivity contribution < 1.29 is 9.66 Å². The van der Waals surface area contributed by atoms with Gasteiger partial charge in [-0.05, 0) is 17.1 Å². The zero-order valence-corrected chi connectivity index (χ0v) is 13.6. The van der Waals surface area contributed by atoms with Crippen molar-refractivity contribution in [1.29, 1.82) is 0 Å². The van der Waals surface area contributed by atoms with Gasteiger partial charge < -0.3 is 19.8 Å². The summed E-state index contributed by atoms with van der Waals surface area (Å²) in [7, 11) is 1.59. The Morgan fingerprint density at radius 1 is 1.20 bits per heavy atom. The van der Waals surface area contributed by atoms with Crippen LogP contribution in [0.3, 0.4) is 0 Å². The van der Waals surface area contributed by atoms with E-state index in [-0.39, 0.29) is 5.82 Å². The van der Waals surface area contributed by atoms with Gasteiger partial charge in [0.15, 0.2) is 0 Å². The van der Waals surface area contributed by atoms with Gasteiger partial charge in [-0.25, -0.2) is 19.5 Å². The molecule has 9 heteroatoms. The van der Waals surface area contributed by atoms with Crippen LogP contribution in [-0.4, -0.2) is 50.7 Å². The highest BCUT2D eigenvalue weighted by Gasteiger charge is 2.23. The van der Waals surface area contributed by atoms with Crippen LogP contribution in [0.15, 0.2) is 30.5 Å². The van der Waals surface area contributed by atoms with Gasteiger partial charge in [0.25, 0.3) is 5.82 Å². The zero-order chi connectivity index (χ0) is 17.4. The first-order valence-corrected chi connectivity index (χ1v) is 7.91. The number of ether oxygens (including phenoxy) is 1. The molecule has 1 aliphatic heterocycles. The van der Waals surface area contributed by atoms with Crippen LogP contribution in [0.4, 0.5) is 11.6 Å². The van der Waals surface area contributed by atoms with Crippen molar-refractivity contribution in [3.63, 3.8) is 0 Å². The van der Waals surface area contributed by atoms with Crippen molar-refractivity contribution in [2.45, 2.75) is 0 Å². The van der Waals surface area contributed by atoms with Crippen molar-refractivity contribution in [2.24, 2.45) is 7.05 Å². The molecule has 2 aromatic heterocycles. The summed E-state index contributed by atoms with van der Waals surface area (Å²) in [5, 5.41) is 12.0. The van der Waals surface area contributed by atoms with Crippen molar-refractivity contribution in [3.8, 4) is 11.6 Å². The van der Waals surface area contributed by atoms with Crippen LogP contribution in [0.5, 0.6) is 0 Å². The number of morpholine rings is 1. The Kier molecular flexibility index (Phi) is 3.77. The number of nitro groups is 1. The molecule has 0 amide bonds. The average Bonchev–Trinajstić information content (AvgIpc) is 3.03. The summed E-state index contributed by atoms with van der Waals surface area (Å²) in [5.74, 6) is 1.44. The van der Waals surface area contributed by atoms with Crippen LogP contribution in [0.1, 0.15) is 0 Å². The van der Waals surface area contributed by atoms with E-state index in [9.17, 15) is 10.1 Å². The third kappa shape index (κ3) is 2.68. The molecule has 25 heavy (non-hydrogen) atoms. The Labute approximate surface area is 143 Å². The lowest BCUT2D eigenvalue weighted by Crippen LogP contribution is -2.37. The topological polar surface area (TPSA) is 99.2 Å². The van der Waals surface area contributed by atoms with Crippen LogP contribution in [0.2, 0.25) is 0 Å². The van der Waals surface area contributed by atoms with E-state index >= 15 is 0 Å². The lowest BCUT2D eigenvalue weighted by atomic mass is 10.2. The molecule has 1 aliphatic rings. The molecule has 0 saturated carbocycles. The number of nitrogens with zero attached hydrogens (tertiary/aromatic N) is 6. The minimum atomic E-state index is -0.472. The summed E-state index contributed by atoms with van der Waals surface area (Å²) in [6, 6.07) is 7.73. The number of imidazole rings is 1. The number of para-hydroxylation sites is 1. The fraction of sp³-hybridized carbons (Fsp3) is 0.312. The van der Waals surface area contributed by atoms with Gasteiger partial charge in [-0.2, -0.15) is 0 Å².